The van der Waals surface area contributed by atoms with E-state index in [4.69, 9.17) is 4.74 Å². The van der Waals surface area contributed by atoms with Crippen LogP contribution in [0.2, 0.25) is 0 Å². The summed E-state index contributed by atoms with van der Waals surface area (Å²) in [5.74, 6) is 0.0623. The molecule has 3 rings (SSSR count). The molecule has 0 amide bonds. The summed E-state index contributed by atoms with van der Waals surface area (Å²) in [5, 5.41) is 20.2. The average molecular weight is 380 g/mol. The molecular weight excluding hydrogens is 352 g/mol. The number of phenols is 1. The topological polar surface area (TPSA) is 66.8 Å². The molecule has 0 bridgehead atoms. The monoisotopic (exact) mass is 380 g/mol. The number of phenolic OH excluding ortho intramolecular Hbond substituents is 1. The molecule has 4 nitrogen and oxygen atoms in total. The second-order valence-corrected chi connectivity index (χ2v) is 9.44. The first-order chi connectivity index (χ1) is 12.9. The van der Waals surface area contributed by atoms with Gasteiger partial charge in [0.05, 0.1) is 5.56 Å². The number of carboxylic acid groups (broad SMARTS) is 1. The van der Waals surface area contributed by atoms with Crippen molar-refractivity contribution in [3.05, 3.63) is 58.1 Å². The summed E-state index contributed by atoms with van der Waals surface area (Å²) in [6.45, 7) is 12.9. The Labute approximate surface area is 166 Å². The fourth-order valence-corrected chi connectivity index (χ4v) is 3.44. The van der Waals surface area contributed by atoms with Crippen LogP contribution >= 0.6 is 0 Å². The number of aromatic carboxylic acids is 1. The van der Waals surface area contributed by atoms with Crippen LogP contribution in [-0.2, 0) is 10.8 Å². The normalized spacial score (nSPS) is 14.1. The molecule has 0 unspecified atom stereocenters. The van der Waals surface area contributed by atoms with Gasteiger partial charge in [0.1, 0.15) is 18.1 Å². The van der Waals surface area contributed by atoms with E-state index in [-0.39, 0.29) is 16.4 Å². The van der Waals surface area contributed by atoms with Crippen LogP contribution in [0.4, 0.5) is 0 Å². The van der Waals surface area contributed by atoms with Crippen LogP contribution in [0, 0.1) is 0 Å². The summed E-state index contributed by atoms with van der Waals surface area (Å²) < 4.78 is 5.88. The summed E-state index contributed by atoms with van der Waals surface area (Å²) in [7, 11) is 0. The Morgan fingerprint density at radius 3 is 2.04 bits per heavy atom. The molecule has 1 aliphatic rings. The molecule has 0 aliphatic carbocycles. The highest BCUT2D eigenvalue weighted by molar-refractivity contribution is 5.92. The van der Waals surface area contributed by atoms with Gasteiger partial charge in [-0.3, -0.25) is 0 Å². The lowest BCUT2D eigenvalue weighted by molar-refractivity contribution is 0.0697. The predicted octanol–water partition coefficient (Wildman–Crippen LogP) is 5.62. The van der Waals surface area contributed by atoms with Gasteiger partial charge in [0, 0.05) is 16.7 Å². The van der Waals surface area contributed by atoms with E-state index in [1.165, 1.54) is 0 Å². The van der Waals surface area contributed by atoms with Crippen molar-refractivity contribution in [3.8, 4) is 11.5 Å². The number of rotatable bonds is 2. The van der Waals surface area contributed by atoms with Crippen molar-refractivity contribution in [2.24, 2.45) is 0 Å². The molecule has 0 atom stereocenters. The minimum atomic E-state index is -0.960. The second kappa shape index (κ2) is 6.69. The molecule has 2 aromatic carbocycles. The fraction of sp³-hybridized carbons (Fsp3) is 0.375. The lowest BCUT2D eigenvalue weighted by atomic mass is 9.77. The maximum Gasteiger partial charge on any atom is 0.335 e. The van der Waals surface area contributed by atoms with Gasteiger partial charge >= 0.3 is 5.97 Å². The number of fused-ring (bicyclic) bond motifs is 1. The Balaban J connectivity index is 2.18. The van der Waals surface area contributed by atoms with Crippen LogP contribution in [0.5, 0.6) is 11.5 Å². The highest BCUT2D eigenvalue weighted by Crippen LogP contribution is 2.42. The first-order valence-corrected chi connectivity index (χ1v) is 9.47. The van der Waals surface area contributed by atoms with Gasteiger partial charge in [-0.05, 0) is 58.4 Å². The SMILES string of the molecule is CC(C)(C)c1cc(C2=Cc3cc(C(=O)O)ccc3OC2)cc(C(C)(C)C)c1O. The fourth-order valence-electron chi connectivity index (χ4n) is 3.44. The average Bonchev–Trinajstić information content (AvgIpc) is 2.58. The Bertz CT molecular complexity index is 934. The van der Waals surface area contributed by atoms with E-state index >= 15 is 0 Å². The second-order valence-electron chi connectivity index (χ2n) is 9.44. The third kappa shape index (κ3) is 3.77. The van der Waals surface area contributed by atoms with E-state index in [1.807, 2.05) is 18.2 Å². The molecule has 4 heteroatoms. The molecule has 0 aromatic heterocycles. The van der Waals surface area contributed by atoms with Crippen LogP contribution < -0.4 is 4.74 Å². The van der Waals surface area contributed by atoms with E-state index in [1.54, 1.807) is 18.2 Å². The lowest BCUT2D eigenvalue weighted by Gasteiger charge is -2.29. The predicted molar refractivity (Wildman–Crippen MR) is 112 cm³/mol. The van der Waals surface area contributed by atoms with Crippen LogP contribution in [0.25, 0.3) is 11.6 Å². The van der Waals surface area contributed by atoms with Gasteiger partial charge < -0.3 is 14.9 Å². The number of aromatic hydroxyl groups is 1. The summed E-state index contributed by atoms with van der Waals surface area (Å²) >= 11 is 0. The maximum absolute atomic E-state index is 11.3. The number of ether oxygens (including phenoxy) is 1. The molecule has 148 valence electrons. The van der Waals surface area contributed by atoms with Crippen LogP contribution in [0.1, 0.15) is 74.2 Å². The summed E-state index contributed by atoms with van der Waals surface area (Å²) in [5.41, 5.74) is 4.28. The molecule has 0 spiro atoms. The van der Waals surface area contributed by atoms with Crippen molar-refractivity contribution in [1.29, 1.82) is 0 Å². The third-order valence-electron chi connectivity index (χ3n) is 5.07. The number of carboxylic acids is 1. The Kier molecular flexibility index (Phi) is 4.78. The first-order valence-electron chi connectivity index (χ1n) is 9.47. The van der Waals surface area contributed by atoms with Gasteiger partial charge in [-0.25, -0.2) is 4.79 Å². The molecule has 0 saturated heterocycles. The number of hydrogen-bond acceptors (Lipinski definition) is 3. The molecule has 0 fully saturated rings. The van der Waals surface area contributed by atoms with Crippen molar-refractivity contribution in [3.63, 3.8) is 0 Å². The summed E-state index contributed by atoms with van der Waals surface area (Å²) in [6, 6.07) is 8.92. The van der Waals surface area contributed by atoms with Crippen LogP contribution in [-0.4, -0.2) is 22.8 Å². The van der Waals surface area contributed by atoms with Crippen LogP contribution in [0.3, 0.4) is 0 Å². The standard InChI is InChI=1S/C24H28O4/c1-23(2,3)18-11-15(12-19(21(18)25)24(4,5)6)17-10-16-9-14(22(26)27)7-8-20(16)28-13-17/h7-12,25H,13H2,1-6H3,(H,26,27). The van der Waals surface area contributed by atoms with Crippen molar-refractivity contribution < 1.29 is 19.7 Å². The largest absolute Gasteiger partial charge is 0.507 e. The van der Waals surface area contributed by atoms with Crippen molar-refractivity contribution in [2.75, 3.05) is 6.61 Å². The molecular formula is C24H28O4. The van der Waals surface area contributed by atoms with Gasteiger partial charge in [-0.15, -0.1) is 0 Å². The van der Waals surface area contributed by atoms with Crippen molar-refractivity contribution in [2.45, 2.75) is 52.4 Å². The molecule has 0 radical (unpaired) electrons. The zero-order valence-corrected chi connectivity index (χ0v) is 17.4. The van der Waals surface area contributed by atoms with Gasteiger partial charge in [-0.1, -0.05) is 41.5 Å². The lowest BCUT2D eigenvalue weighted by Crippen LogP contribution is -2.18. The zero-order chi connectivity index (χ0) is 20.9. The Hall–Kier alpha value is -2.75. The van der Waals surface area contributed by atoms with E-state index in [0.29, 0.717) is 18.1 Å². The molecule has 28 heavy (non-hydrogen) atoms. The van der Waals surface area contributed by atoms with E-state index in [2.05, 4.69) is 41.5 Å². The zero-order valence-electron chi connectivity index (χ0n) is 17.4. The number of hydrogen-bond donors (Lipinski definition) is 2. The molecule has 2 N–H and O–H groups in total. The highest BCUT2D eigenvalue weighted by atomic mass is 16.5. The maximum atomic E-state index is 11.3. The van der Waals surface area contributed by atoms with E-state index in [9.17, 15) is 15.0 Å². The van der Waals surface area contributed by atoms with Crippen molar-refractivity contribution in [1.82, 2.24) is 0 Å². The van der Waals surface area contributed by atoms with Gasteiger partial charge in [-0.2, -0.15) is 0 Å². The quantitative estimate of drug-likeness (QED) is 0.710. The molecule has 0 saturated carbocycles. The van der Waals surface area contributed by atoms with Gasteiger partial charge in [0.2, 0.25) is 0 Å². The minimum absolute atomic E-state index is 0.218. The molecule has 1 aliphatic heterocycles. The molecule has 1 heterocycles. The van der Waals surface area contributed by atoms with Gasteiger partial charge in [0.15, 0.2) is 0 Å². The number of benzene rings is 2. The number of carbonyl (C=O) groups is 1. The highest BCUT2D eigenvalue weighted by Gasteiger charge is 2.27. The smallest absolute Gasteiger partial charge is 0.335 e. The van der Waals surface area contributed by atoms with E-state index < -0.39 is 5.97 Å². The third-order valence-corrected chi connectivity index (χ3v) is 5.07. The summed E-state index contributed by atoms with van der Waals surface area (Å²) in [4.78, 5) is 11.3. The Morgan fingerprint density at radius 2 is 1.54 bits per heavy atom. The van der Waals surface area contributed by atoms with Crippen molar-refractivity contribution >= 4 is 17.6 Å². The molecule has 2 aromatic rings. The van der Waals surface area contributed by atoms with E-state index in [0.717, 1.165) is 27.8 Å². The first kappa shape index (κ1) is 20.0. The summed E-state index contributed by atoms with van der Waals surface area (Å²) in [6.07, 6.45) is 1.98. The minimum Gasteiger partial charge on any atom is -0.507 e. The Morgan fingerprint density at radius 1 is 0.964 bits per heavy atom. The van der Waals surface area contributed by atoms with Crippen LogP contribution in [0.15, 0.2) is 30.3 Å². The van der Waals surface area contributed by atoms with Gasteiger partial charge in [0.25, 0.3) is 0 Å².